The SMILES string of the molecule is Cc1ccc(C(O)CCN(C)CCO)cc1F. The molecule has 0 saturated carbocycles. The minimum atomic E-state index is -0.661. The van der Waals surface area contributed by atoms with Crippen molar-refractivity contribution in [3.05, 3.63) is 35.1 Å². The van der Waals surface area contributed by atoms with Crippen LogP contribution in [0.5, 0.6) is 0 Å². The Kier molecular flexibility index (Phi) is 5.55. The van der Waals surface area contributed by atoms with Gasteiger partial charge in [0.1, 0.15) is 5.82 Å². The number of hydrogen-bond donors (Lipinski definition) is 2. The fourth-order valence-corrected chi connectivity index (χ4v) is 1.61. The number of likely N-dealkylation sites (N-methyl/N-ethyl adjacent to an activating group) is 1. The minimum Gasteiger partial charge on any atom is -0.395 e. The van der Waals surface area contributed by atoms with E-state index in [9.17, 15) is 9.50 Å². The summed E-state index contributed by atoms with van der Waals surface area (Å²) in [4.78, 5) is 1.92. The molecule has 0 spiro atoms. The third kappa shape index (κ3) is 4.42. The van der Waals surface area contributed by atoms with Crippen molar-refractivity contribution in [2.24, 2.45) is 0 Å². The number of hydrogen-bond acceptors (Lipinski definition) is 3. The Morgan fingerprint density at radius 3 is 2.65 bits per heavy atom. The summed E-state index contributed by atoms with van der Waals surface area (Å²) in [6, 6.07) is 4.80. The zero-order chi connectivity index (χ0) is 12.8. The Labute approximate surface area is 101 Å². The van der Waals surface area contributed by atoms with Crippen molar-refractivity contribution in [3.8, 4) is 0 Å². The summed E-state index contributed by atoms with van der Waals surface area (Å²) in [6.45, 7) is 3.04. The van der Waals surface area contributed by atoms with E-state index in [4.69, 9.17) is 5.11 Å². The van der Waals surface area contributed by atoms with Crippen molar-refractivity contribution in [2.45, 2.75) is 19.4 Å². The number of aliphatic hydroxyl groups is 2. The van der Waals surface area contributed by atoms with Crippen LogP contribution in [0.25, 0.3) is 0 Å². The van der Waals surface area contributed by atoms with Gasteiger partial charge in [0.25, 0.3) is 0 Å². The third-order valence-electron chi connectivity index (χ3n) is 2.85. The molecule has 0 aliphatic rings. The normalized spacial score (nSPS) is 13.1. The third-order valence-corrected chi connectivity index (χ3v) is 2.85. The Morgan fingerprint density at radius 1 is 1.35 bits per heavy atom. The van der Waals surface area contributed by atoms with Crippen LogP contribution >= 0.6 is 0 Å². The summed E-state index contributed by atoms with van der Waals surface area (Å²) >= 11 is 0. The lowest BCUT2D eigenvalue weighted by Crippen LogP contribution is -2.24. The van der Waals surface area contributed by atoms with Gasteiger partial charge < -0.3 is 15.1 Å². The molecular formula is C13H20FNO2. The predicted molar refractivity (Wildman–Crippen MR) is 65.3 cm³/mol. The molecule has 0 aliphatic heterocycles. The van der Waals surface area contributed by atoms with Crippen LogP contribution < -0.4 is 0 Å². The maximum atomic E-state index is 13.3. The summed E-state index contributed by atoms with van der Waals surface area (Å²) in [5.74, 6) is -0.287. The van der Waals surface area contributed by atoms with Gasteiger partial charge in [-0.25, -0.2) is 4.39 Å². The molecule has 0 aromatic heterocycles. The molecule has 0 amide bonds. The zero-order valence-electron chi connectivity index (χ0n) is 10.4. The van der Waals surface area contributed by atoms with Crippen LogP contribution in [0.1, 0.15) is 23.7 Å². The monoisotopic (exact) mass is 241 g/mol. The average molecular weight is 241 g/mol. The lowest BCUT2D eigenvalue weighted by molar-refractivity contribution is 0.141. The highest BCUT2D eigenvalue weighted by atomic mass is 19.1. The van der Waals surface area contributed by atoms with E-state index >= 15 is 0 Å². The zero-order valence-corrected chi connectivity index (χ0v) is 10.4. The fraction of sp³-hybridized carbons (Fsp3) is 0.538. The van der Waals surface area contributed by atoms with Gasteiger partial charge in [-0.15, -0.1) is 0 Å². The van der Waals surface area contributed by atoms with Crippen molar-refractivity contribution < 1.29 is 14.6 Å². The number of aryl methyl sites for hydroxylation is 1. The fourth-order valence-electron chi connectivity index (χ4n) is 1.61. The smallest absolute Gasteiger partial charge is 0.126 e. The van der Waals surface area contributed by atoms with Crippen molar-refractivity contribution in [2.75, 3.05) is 26.7 Å². The van der Waals surface area contributed by atoms with Gasteiger partial charge in [-0.3, -0.25) is 0 Å². The summed E-state index contributed by atoms with van der Waals surface area (Å²) in [6.07, 6.45) is -0.134. The molecule has 0 heterocycles. The van der Waals surface area contributed by atoms with Crippen LogP contribution in [-0.2, 0) is 0 Å². The molecule has 0 aliphatic carbocycles. The molecule has 0 radical (unpaired) electrons. The minimum absolute atomic E-state index is 0.103. The molecular weight excluding hydrogens is 221 g/mol. The molecule has 1 aromatic rings. The van der Waals surface area contributed by atoms with Gasteiger partial charge in [0, 0.05) is 13.1 Å². The van der Waals surface area contributed by atoms with E-state index in [2.05, 4.69) is 0 Å². The molecule has 1 atom stereocenters. The maximum Gasteiger partial charge on any atom is 0.126 e. The average Bonchev–Trinajstić information content (AvgIpc) is 2.30. The molecule has 2 N–H and O–H groups in total. The lowest BCUT2D eigenvalue weighted by atomic mass is 10.0. The van der Waals surface area contributed by atoms with E-state index in [1.165, 1.54) is 6.07 Å². The van der Waals surface area contributed by atoms with Crippen LogP contribution in [0, 0.1) is 12.7 Å². The second-order valence-electron chi connectivity index (χ2n) is 4.34. The van der Waals surface area contributed by atoms with Crippen LogP contribution in [0.3, 0.4) is 0 Å². The van der Waals surface area contributed by atoms with E-state index in [0.29, 0.717) is 30.6 Å². The largest absolute Gasteiger partial charge is 0.395 e. The Morgan fingerprint density at radius 2 is 2.06 bits per heavy atom. The van der Waals surface area contributed by atoms with Crippen molar-refractivity contribution >= 4 is 0 Å². The van der Waals surface area contributed by atoms with Gasteiger partial charge in [0.15, 0.2) is 0 Å². The molecule has 0 fully saturated rings. The van der Waals surface area contributed by atoms with Crippen molar-refractivity contribution in [1.82, 2.24) is 4.90 Å². The standard InChI is InChI=1S/C13H20FNO2/c1-10-3-4-11(9-12(10)14)13(17)5-6-15(2)7-8-16/h3-4,9,13,16-17H,5-8H2,1-2H3. The number of nitrogens with zero attached hydrogens (tertiary/aromatic N) is 1. The van der Waals surface area contributed by atoms with Crippen molar-refractivity contribution in [1.29, 1.82) is 0 Å². The highest BCUT2D eigenvalue weighted by Gasteiger charge is 2.10. The van der Waals surface area contributed by atoms with Gasteiger partial charge in [-0.2, -0.15) is 0 Å². The van der Waals surface area contributed by atoms with Gasteiger partial charge >= 0.3 is 0 Å². The number of halogens is 1. The van der Waals surface area contributed by atoms with Gasteiger partial charge in [-0.05, 0) is 37.6 Å². The van der Waals surface area contributed by atoms with Crippen LogP contribution in [0.15, 0.2) is 18.2 Å². The molecule has 4 heteroatoms. The molecule has 1 unspecified atom stereocenters. The molecule has 3 nitrogen and oxygen atoms in total. The summed E-state index contributed by atoms with van der Waals surface area (Å²) < 4.78 is 13.3. The summed E-state index contributed by atoms with van der Waals surface area (Å²) in [5.41, 5.74) is 1.18. The molecule has 1 rings (SSSR count). The first-order valence-electron chi connectivity index (χ1n) is 5.78. The molecule has 1 aromatic carbocycles. The quantitative estimate of drug-likeness (QED) is 0.793. The van der Waals surface area contributed by atoms with E-state index in [0.717, 1.165) is 0 Å². The Balaban J connectivity index is 2.52. The second kappa shape index (κ2) is 6.69. The van der Waals surface area contributed by atoms with E-state index in [1.807, 2.05) is 11.9 Å². The van der Waals surface area contributed by atoms with E-state index < -0.39 is 6.10 Å². The van der Waals surface area contributed by atoms with E-state index in [-0.39, 0.29) is 12.4 Å². The van der Waals surface area contributed by atoms with Crippen LogP contribution in [0.2, 0.25) is 0 Å². The first kappa shape index (κ1) is 14.1. The van der Waals surface area contributed by atoms with Crippen molar-refractivity contribution in [3.63, 3.8) is 0 Å². The Hall–Kier alpha value is -0.970. The first-order valence-corrected chi connectivity index (χ1v) is 5.78. The lowest BCUT2D eigenvalue weighted by Gasteiger charge is -2.18. The summed E-state index contributed by atoms with van der Waals surface area (Å²) in [5, 5.41) is 18.6. The predicted octanol–water partition coefficient (Wildman–Crippen LogP) is 1.48. The summed E-state index contributed by atoms with van der Waals surface area (Å²) in [7, 11) is 1.87. The highest BCUT2D eigenvalue weighted by molar-refractivity contribution is 5.24. The molecule has 0 bridgehead atoms. The van der Waals surface area contributed by atoms with Crippen LogP contribution in [0.4, 0.5) is 4.39 Å². The van der Waals surface area contributed by atoms with E-state index in [1.54, 1.807) is 19.1 Å². The van der Waals surface area contributed by atoms with Crippen LogP contribution in [-0.4, -0.2) is 41.9 Å². The highest BCUT2D eigenvalue weighted by Crippen LogP contribution is 2.19. The molecule has 0 saturated heterocycles. The second-order valence-corrected chi connectivity index (χ2v) is 4.34. The maximum absolute atomic E-state index is 13.3. The first-order chi connectivity index (χ1) is 8.04. The topological polar surface area (TPSA) is 43.7 Å². The molecule has 17 heavy (non-hydrogen) atoms. The number of rotatable bonds is 6. The number of aliphatic hydroxyl groups excluding tert-OH is 2. The van der Waals surface area contributed by atoms with Gasteiger partial charge in [0.2, 0.25) is 0 Å². The van der Waals surface area contributed by atoms with Gasteiger partial charge in [-0.1, -0.05) is 12.1 Å². The molecule has 96 valence electrons. The van der Waals surface area contributed by atoms with Gasteiger partial charge in [0.05, 0.1) is 12.7 Å². The number of benzene rings is 1. The Bertz CT molecular complexity index is 357.